The molecule has 0 aromatic heterocycles. The van der Waals surface area contributed by atoms with E-state index < -0.39 is 0 Å². The SMILES string of the molecule is CCCc1cccc(O)c1OC1CCCCC1. The largest absolute Gasteiger partial charge is 0.504 e. The van der Waals surface area contributed by atoms with Crippen LogP contribution in [-0.4, -0.2) is 11.2 Å². The van der Waals surface area contributed by atoms with Crippen LogP contribution in [0.2, 0.25) is 0 Å². The Morgan fingerprint density at radius 3 is 2.71 bits per heavy atom. The third-order valence-corrected chi connectivity index (χ3v) is 3.43. The standard InChI is InChI=1S/C15H22O2/c1-2-7-12-8-6-11-14(16)15(12)17-13-9-4-3-5-10-13/h6,8,11,13,16H,2-5,7,9-10H2,1H3. The average Bonchev–Trinajstić information content (AvgIpc) is 2.35. The Morgan fingerprint density at radius 2 is 2.00 bits per heavy atom. The smallest absolute Gasteiger partial charge is 0.164 e. The van der Waals surface area contributed by atoms with Gasteiger partial charge in [-0.05, 0) is 43.7 Å². The van der Waals surface area contributed by atoms with Crippen LogP contribution in [0.5, 0.6) is 11.5 Å². The molecule has 2 rings (SSSR count). The van der Waals surface area contributed by atoms with E-state index in [9.17, 15) is 5.11 Å². The fraction of sp³-hybridized carbons (Fsp3) is 0.600. The monoisotopic (exact) mass is 234 g/mol. The van der Waals surface area contributed by atoms with Crippen LogP contribution in [-0.2, 0) is 6.42 Å². The van der Waals surface area contributed by atoms with E-state index in [1.165, 1.54) is 19.3 Å². The molecule has 1 N–H and O–H groups in total. The van der Waals surface area contributed by atoms with Crippen LogP contribution in [0.15, 0.2) is 18.2 Å². The van der Waals surface area contributed by atoms with Gasteiger partial charge in [-0.2, -0.15) is 0 Å². The van der Waals surface area contributed by atoms with E-state index in [0.29, 0.717) is 11.9 Å². The lowest BCUT2D eigenvalue weighted by atomic mass is 9.97. The van der Waals surface area contributed by atoms with E-state index in [-0.39, 0.29) is 0 Å². The molecule has 2 heteroatoms. The highest BCUT2D eigenvalue weighted by molar-refractivity contribution is 5.45. The maximum absolute atomic E-state index is 9.92. The number of hydrogen-bond donors (Lipinski definition) is 1. The molecule has 0 heterocycles. The van der Waals surface area contributed by atoms with Gasteiger partial charge in [-0.3, -0.25) is 0 Å². The Kier molecular flexibility index (Phi) is 4.29. The topological polar surface area (TPSA) is 29.5 Å². The predicted molar refractivity (Wildman–Crippen MR) is 69.6 cm³/mol. The zero-order valence-electron chi connectivity index (χ0n) is 10.6. The third-order valence-electron chi connectivity index (χ3n) is 3.43. The van der Waals surface area contributed by atoms with Crippen molar-refractivity contribution in [3.05, 3.63) is 23.8 Å². The lowest BCUT2D eigenvalue weighted by Gasteiger charge is -2.24. The Bertz CT molecular complexity index is 354. The van der Waals surface area contributed by atoms with E-state index >= 15 is 0 Å². The van der Waals surface area contributed by atoms with Gasteiger partial charge < -0.3 is 9.84 Å². The minimum atomic E-state index is 0.293. The third kappa shape index (κ3) is 3.15. The molecule has 1 aromatic carbocycles. The summed E-state index contributed by atoms with van der Waals surface area (Å²) in [5.74, 6) is 1.02. The molecular weight excluding hydrogens is 212 g/mol. The summed E-state index contributed by atoms with van der Waals surface area (Å²) in [6.45, 7) is 2.15. The van der Waals surface area contributed by atoms with Crippen molar-refractivity contribution in [3.63, 3.8) is 0 Å². The van der Waals surface area contributed by atoms with E-state index in [4.69, 9.17) is 4.74 Å². The zero-order chi connectivity index (χ0) is 12.1. The fourth-order valence-corrected chi connectivity index (χ4v) is 2.52. The van der Waals surface area contributed by atoms with Crippen molar-refractivity contribution in [1.82, 2.24) is 0 Å². The summed E-state index contributed by atoms with van der Waals surface area (Å²) >= 11 is 0. The van der Waals surface area contributed by atoms with Gasteiger partial charge in [0.25, 0.3) is 0 Å². The van der Waals surface area contributed by atoms with Crippen LogP contribution in [0.25, 0.3) is 0 Å². The summed E-state index contributed by atoms with van der Waals surface area (Å²) in [6.07, 6.45) is 8.42. The molecule has 0 bridgehead atoms. The van der Waals surface area contributed by atoms with Crippen molar-refractivity contribution < 1.29 is 9.84 Å². The van der Waals surface area contributed by atoms with Gasteiger partial charge in [-0.1, -0.05) is 31.9 Å². The predicted octanol–water partition coefficient (Wildman–Crippen LogP) is 4.06. The first kappa shape index (κ1) is 12.3. The molecule has 1 aliphatic carbocycles. The van der Waals surface area contributed by atoms with Gasteiger partial charge in [-0.15, -0.1) is 0 Å². The van der Waals surface area contributed by atoms with Gasteiger partial charge in [-0.25, -0.2) is 0 Å². The first-order chi connectivity index (χ1) is 8.31. The number of rotatable bonds is 4. The summed E-state index contributed by atoms with van der Waals surface area (Å²) in [4.78, 5) is 0. The highest BCUT2D eigenvalue weighted by Crippen LogP contribution is 2.34. The highest BCUT2D eigenvalue weighted by atomic mass is 16.5. The summed E-state index contributed by atoms with van der Waals surface area (Å²) in [5, 5.41) is 9.92. The molecule has 94 valence electrons. The van der Waals surface area contributed by atoms with Gasteiger partial charge in [0, 0.05) is 0 Å². The number of aryl methyl sites for hydroxylation is 1. The Labute approximate surface area is 104 Å². The molecule has 0 amide bonds. The zero-order valence-corrected chi connectivity index (χ0v) is 10.6. The molecule has 0 aliphatic heterocycles. The molecule has 0 spiro atoms. The number of phenols is 1. The molecule has 1 aliphatic rings. The molecule has 0 saturated heterocycles. The van der Waals surface area contributed by atoms with E-state index in [0.717, 1.165) is 37.0 Å². The van der Waals surface area contributed by atoms with Gasteiger partial charge in [0.15, 0.2) is 11.5 Å². The van der Waals surface area contributed by atoms with Crippen molar-refractivity contribution in [2.24, 2.45) is 0 Å². The van der Waals surface area contributed by atoms with Crippen molar-refractivity contribution in [3.8, 4) is 11.5 Å². The minimum absolute atomic E-state index is 0.293. The number of phenolic OH excluding ortho intramolecular Hbond substituents is 1. The van der Waals surface area contributed by atoms with Crippen molar-refractivity contribution in [1.29, 1.82) is 0 Å². The van der Waals surface area contributed by atoms with Crippen molar-refractivity contribution in [2.75, 3.05) is 0 Å². The van der Waals surface area contributed by atoms with E-state index in [2.05, 4.69) is 13.0 Å². The molecule has 1 aromatic rings. The summed E-state index contributed by atoms with van der Waals surface area (Å²) < 4.78 is 6.02. The highest BCUT2D eigenvalue weighted by Gasteiger charge is 2.18. The van der Waals surface area contributed by atoms with Crippen molar-refractivity contribution in [2.45, 2.75) is 58.0 Å². The number of aromatic hydroxyl groups is 1. The van der Waals surface area contributed by atoms with Crippen LogP contribution in [0, 0.1) is 0 Å². The normalized spacial score (nSPS) is 17.0. The lowest BCUT2D eigenvalue weighted by Crippen LogP contribution is -2.20. The Hall–Kier alpha value is -1.18. The number of ether oxygens (including phenoxy) is 1. The number of benzene rings is 1. The molecule has 1 fully saturated rings. The Morgan fingerprint density at radius 1 is 1.24 bits per heavy atom. The molecule has 0 radical (unpaired) electrons. The molecule has 0 unspecified atom stereocenters. The number of para-hydroxylation sites is 1. The second-order valence-electron chi connectivity index (χ2n) is 4.89. The average molecular weight is 234 g/mol. The van der Waals surface area contributed by atoms with Crippen LogP contribution in [0.4, 0.5) is 0 Å². The van der Waals surface area contributed by atoms with Gasteiger partial charge in [0.2, 0.25) is 0 Å². The van der Waals surface area contributed by atoms with Crippen molar-refractivity contribution >= 4 is 0 Å². The molecule has 0 atom stereocenters. The quantitative estimate of drug-likeness (QED) is 0.851. The minimum Gasteiger partial charge on any atom is -0.504 e. The van der Waals surface area contributed by atoms with Crippen LogP contribution in [0.3, 0.4) is 0 Å². The Balaban J connectivity index is 2.12. The summed E-state index contributed by atoms with van der Waals surface area (Å²) in [5.41, 5.74) is 1.14. The molecule has 1 saturated carbocycles. The first-order valence-electron chi connectivity index (χ1n) is 6.78. The van der Waals surface area contributed by atoms with Crippen LogP contribution < -0.4 is 4.74 Å². The molecular formula is C15H22O2. The maximum atomic E-state index is 9.92. The van der Waals surface area contributed by atoms with Gasteiger partial charge >= 0.3 is 0 Å². The molecule has 2 nitrogen and oxygen atoms in total. The van der Waals surface area contributed by atoms with Crippen LogP contribution in [0.1, 0.15) is 51.0 Å². The fourth-order valence-electron chi connectivity index (χ4n) is 2.52. The second kappa shape index (κ2) is 5.95. The van der Waals surface area contributed by atoms with Crippen LogP contribution >= 0.6 is 0 Å². The van der Waals surface area contributed by atoms with Gasteiger partial charge in [0.05, 0.1) is 6.10 Å². The summed E-state index contributed by atoms with van der Waals surface area (Å²) in [7, 11) is 0. The molecule has 17 heavy (non-hydrogen) atoms. The number of hydrogen-bond acceptors (Lipinski definition) is 2. The van der Waals surface area contributed by atoms with E-state index in [1.807, 2.05) is 6.07 Å². The second-order valence-corrected chi connectivity index (χ2v) is 4.89. The lowest BCUT2D eigenvalue weighted by molar-refractivity contribution is 0.148. The van der Waals surface area contributed by atoms with E-state index in [1.54, 1.807) is 6.07 Å². The van der Waals surface area contributed by atoms with Gasteiger partial charge in [0.1, 0.15) is 0 Å². The summed E-state index contributed by atoms with van der Waals surface area (Å²) in [6, 6.07) is 5.67. The maximum Gasteiger partial charge on any atom is 0.164 e. The first-order valence-corrected chi connectivity index (χ1v) is 6.78.